The lowest BCUT2D eigenvalue weighted by molar-refractivity contribution is -0.125. The van der Waals surface area contributed by atoms with Crippen LogP contribution in [0.4, 0.5) is 0 Å². The first-order valence-electron chi connectivity index (χ1n) is 9.23. The summed E-state index contributed by atoms with van der Waals surface area (Å²) >= 11 is 0. The number of furan rings is 1. The monoisotopic (exact) mass is 379 g/mol. The van der Waals surface area contributed by atoms with Crippen LogP contribution in [0.3, 0.4) is 0 Å². The normalized spacial score (nSPS) is 16.3. The molecule has 1 fully saturated rings. The quantitative estimate of drug-likeness (QED) is 0.705. The molecule has 0 saturated carbocycles. The summed E-state index contributed by atoms with van der Waals surface area (Å²) in [7, 11) is 0. The van der Waals surface area contributed by atoms with Gasteiger partial charge in [-0.25, -0.2) is 9.67 Å². The van der Waals surface area contributed by atoms with Gasteiger partial charge in [-0.3, -0.25) is 9.59 Å². The Labute approximate surface area is 162 Å². The maximum absolute atomic E-state index is 12.6. The van der Waals surface area contributed by atoms with Gasteiger partial charge in [0.2, 0.25) is 5.91 Å². The average Bonchev–Trinajstić information content (AvgIpc) is 3.49. The predicted octanol–water partition coefficient (Wildman–Crippen LogP) is 1.84. The Hall–Kier alpha value is -3.42. The molecule has 8 nitrogen and oxygen atoms in total. The largest absolute Gasteiger partial charge is 0.459 e. The number of carbonyl (C=O) groups excluding carboxylic acids is 2. The summed E-state index contributed by atoms with van der Waals surface area (Å²) in [5, 5.41) is 7.03. The number of nitrogens with one attached hydrogen (secondary N) is 1. The number of carbonyl (C=O) groups is 2. The summed E-state index contributed by atoms with van der Waals surface area (Å²) in [5.41, 5.74) is 2.10. The number of benzene rings is 1. The highest BCUT2D eigenvalue weighted by atomic mass is 16.3. The minimum absolute atomic E-state index is 0.135. The van der Waals surface area contributed by atoms with Gasteiger partial charge in [-0.2, -0.15) is 5.10 Å². The second kappa shape index (κ2) is 8.08. The number of hydrogen-bond donors (Lipinski definition) is 1. The minimum Gasteiger partial charge on any atom is -0.459 e. The van der Waals surface area contributed by atoms with Crippen molar-refractivity contribution in [2.45, 2.75) is 32.0 Å². The predicted molar refractivity (Wildman–Crippen MR) is 100 cm³/mol. The van der Waals surface area contributed by atoms with Crippen molar-refractivity contribution in [3.8, 4) is 0 Å². The molecule has 2 aromatic heterocycles. The molecule has 0 radical (unpaired) electrons. The third-order valence-corrected chi connectivity index (χ3v) is 4.85. The van der Waals surface area contributed by atoms with E-state index < -0.39 is 6.04 Å². The zero-order valence-corrected chi connectivity index (χ0v) is 15.3. The molecule has 3 heterocycles. The Morgan fingerprint density at radius 1 is 1.18 bits per heavy atom. The summed E-state index contributed by atoms with van der Waals surface area (Å²) in [4.78, 5) is 30.7. The first-order valence-corrected chi connectivity index (χ1v) is 9.23. The van der Waals surface area contributed by atoms with E-state index >= 15 is 0 Å². The van der Waals surface area contributed by atoms with Gasteiger partial charge in [0.05, 0.1) is 12.8 Å². The fourth-order valence-electron chi connectivity index (χ4n) is 3.40. The van der Waals surface area contributed by atoms with Gasteiger partial charge in [-0.15, -0.1) is 0 Å². The molecule has 1 aliphatic heterocycles. The summed E-state index contributed by atoms with van der Waals surface area (Å²) in [6, 6.07) is 10.8. The van der Waals surface area contributed by atoms with Crippen molar-refractivity contribution in [2.75, 3.05) is 6.54 Å². The Balaban J connectivity index is 1.32. The van der Waals surface area contributed by atoms with E-state index in [0.717, 1.165) is 17.5 Å². The fraction of sp³-hybridized carbons (Fsp3) is 0.300. The molecule has 1 N–H and O–H groups in total. The van der Waals surface area contributed by atoms with E-state index in [1.807, 2.05) is 24.3 Å². The number of likely N-dealkylation sites (tertiary alicyclic amines) is 1. The molecule has 28 heavy (non-hydrogen) atoms. The maximum atomic E-state index is 12.6. The zero-order chi connectivity index (χ0) is 19.3. The molecule has 8 heteroatoms. The molecular weight excluding hydrogens is 358 g/mol. The average molecular weight is 379 g/mol. The van der Waals surface area contributed by atoms with Crippen molar-refractivity contribution in [1.82, 2.24) is 25.0 Å². The van der Waals surface area contributed by atoms with Gasteiger partial charge in [0.15, 0.2) is 5.76 Å². The smallest absolute Gasteiger partial charge is 0.290 e. The van der Waals surface area contributed by atoms with E-state index in [4.69, 9.17) is 4.42 Å². The highest BCUT2D eigenvalue weighted by Gasteiger charge is 2.35. The summed E-state index contributed by atoms with van der Waals surface area (Å²) in [6.07, 6.45) is 6.11. The molecular formula is C20H21N5O3. The van der Waals surface area contributed by atoms with Crippen LogP contribution in [0.25, 0.3) is 0 Å². The number of amides is 2. The van der Waals surface area contributed by atoms with Crippen molar-refractivity contribution in [3.05, 3.63) is 72.2 Å². The van der Waals surface area contributed by atoms with Gasteiger partial charge in [-0.05, 0) is 36.1 Å². The molecule has 0 bridgehead atoms. The molecule has 1 atom stereocenters. The van der Waals surface area contributed by atoms with Crippen LogP contribution < -0.4 is 5.32 Å². The Morgan fingerprint density at radius 3 is 2.71 bits per heavy atom. The number of nitrogens with zero attached hydrogens (tertiary/aromatic N) is 4. The van der Waals surface area contributed by atoms with Gasteiger partial charge in [-0.1, -0.05) is 24.3 Å². The second-order valence-corrected chi connectivity index (χ2v) is 6.76. The van der Waals surface area contributed by atoms with Crippen molar-refractivity contribution >= 4 is 11.8 Å². The van der Waals surface area contributed by atoms with E-state index in [-0.39, 0.29) is 17.6 Å². The van der Waals surface area contributed by atoms with Gasteiger partial charge >= 0.3 is 0 Å². The van der Waals surface area contributed by atoms with Crippen LogP contribution in [0.1, 0.15) is 34.5 Å². The molecule has 1 unspecified atom stereocenters. The topological polar surface area (TPSA) is 93.3 Å². The highest BCUT2D eigenvalue weighted by molar-refractivity contribution is 5.95. The summed E-state index contributed by atoms with van der Waals surface area (Å²) in [6.45, 7) is 1.63. The van der Waals surface area contributed by atoms with Gasteiger partial charge in [0.1, 0.15) is 18.7 Å². The first kappa shape index (κ1) is 18.0. The van der Waals surface area contributed by atoms with Crippen LogP contribution in [-0.2, 0) is 17.9 Å². The lowest BCUT2D eigenvalue weighted by Crippen LogP contribution is -2.45. The van der Waals surface area contributed by atoms with E-state index in [2.05, 4.69) is 15.4 Å². The van der Waals surface area contributed by atoms with Crippen LogP contribution in [0.2, 0.25) is 0 Å². The van der Waals surface area contributed by atoms with E-state index in [0.29, 0.717) is 26.1 Å². The molecule has 0 spiro atoms. The maximum Gasteiger partial charge on any atom is 0.290 e. The zero-order valence-electron chi connectivity index (χ0n) is 15.3. The Bertz CT molecular complexity index is 919. The molecule has 1 aromatic carbocycles. The molecule has 1 aliphatic rings. The van der Waals surface area contributed by atoms with Gasteiger partial charge in [0, 0.05) is 13.1 Å². The third-order valence-electron chi connectivity index (χ3n) is 4.85. The molecule has 144 valence electrons. The lowest BCUT2D eigenvalue weighted by atomic mass is 10.1. The van der Waals surface area contributed by atoms with Crippen LogP contribution in [0.15, 0.2) is 59.7 Å². The molecule has 4 rings (SSSR count). The third kappa shape index (κ3) is 3.95. The van der Waals surface area contributed by atoms with Crippen molar-refractivity contribution in [3.63, 3.8) is 0 Å². The fourth-order valence-corrected chi connectivity index (χ4v) is 3.40. The number of aromatic nitrogens is 3. The molecule has 0 aliphatic carbocycles. The van der Waals surface area contributed by atoms with E-state index in [9.17, 15) is 9.59 Å². The molecule has 1 saturated heterocycles. The van der Waals surface area contributed by atoms with E-state index in [1.54, 1.807) is 28.0 Å². The van der Waals surface area contributed by atoms with Crippen LogP contribution in [0, 0.1) is 0 Å². The summed E-state index contributed by atoms with van der Waals surface area (Å²) < 4.78 is 6.93. The lowest BCUT2D eigenvalue weighted by Gasteiger charge is -2.23. The van der Waals surface area contributed by atoms with E-state index in [1.165, 1.54) is 12.6 Å². The highest BCUT2D eigenvalue weighted by Crippen LogP contribution is 2.20. The van der Waals surface area contributed by atoms with Crippen LogP contribution in [0.5, 0.6) is 0 Å². The number of hydrogen-bond acceptors (Lipinski definition) is 5. The Kier molecular flexibility index (Phi) is 5.18. The Morgan fingerprint density at radius 2 is 2.00 bits per heavy atom. The SMILES string of the molecule is O=C(NCc1ccc(Cn2cncn2)cc1)C1CCCN1C(=O)c1ccco1. The summed E-state index contributed by atoms with van der Waals surface area (Å²) in [5.74, 6) is -0.105. The van der Waals surface area contributed by atoms with Crippen molar-refractivity contribution in [1.29, 1.82) is 0 Å². The van der Waals surface area contributed by atoms with Crippen molar-refractivity contribution < 1.29 is 14.0 Å². The van der Waals surface area contributed by atoms with Crippen LogP contribution in [-0.4, -0.2) is 44.1 Å². The molecule has 3 aromatic rings. The number of rotatable bonds is 6. The molecule has 2 amide bonds. The van der Waals surface area contributed by atoms with Crippen LogP contribution >= 0.6 is 0 Å². The second-order valence-electron chi connectivity index (χ2n) is 6.76. The van der Waals surface area contributed by atoms with Crippen molar-refractivity contribution in [2.24, 2.45) is 0 Å². The van der Waals surface area contributed by atoms with Gasteiger partial charge in [0.25, 0.3) is 5.91 Å². The standard InChI is InChI=1S/C20H21N5O3/c26-19(17-3-1-9-25(17)20(27)18-4-2-10-28-18)22-11-15-5-7-16(8-6-15)12-24-14-21-13-23-24/h2,4-8,10,13-14,17H,1,3,9,11-12H2,(H,22,26). The first-order chi connectivity index (χ1) is 13.7. The van der Waals surface area contributed by atoms with Gasteiger partial charge < -0.3 is 14.6 Å². The minimum atomic E-state index is -0.454.